The van der Waals surface area contributed by atoms with E-state index in [0.717, 1.165) is 39.3 Å². The second-order valence-corrected chi connectivity index (χ2v) is 10.3. The number of nitrogens with one attached hydrogen (secondary N) is 1. The predicted molar refractivity (Wildman–Crippen MR) is 163 cm³/mol. The number of aromatic nitrogens is 1. The van der Waals surface area contributed by atoms with E-state index >= 15 is 0 Å². The van der Waals surface area contributed by atoms with Gasteiger partial charge in [0.25, 0.3) is 11.8 Å². The number of benzene rings is 3. The van der Waals surface area contributed by atoms with Crippen LogP contribution in [-0.2, 0) is 16.2 Å². The number of hydrogen-bond donors (Lipinski definition) is 1. The second-order valence-electron chi connectivity index (χ2n) is 9.89. The van der Waals surface area contributed by atoms with Crippen LogP contribution in [0.15, 0.2) is 78.4 Å². The summed E-state index contributed by atoms with van der Waals surface area (Å²) in [6, 6.07) is 24.8. The molecule has 5 rings (SSSR count). The maximum atomic E-state index is 13.6. The molecule has 1 aromatic heterocycles. The van der Waals surface area contributed by atoms with Crippen molar-refractivity contribution in [1.82, 2.24) is 9.88 Å². The minimum Gasteiger partial charge on any atom is -0.489 e. The molecule has 0 bridgehead atoms. The van der Waals surface area contributed by atoms with E-state index in [9.17, 15) is 14.9 Å². The minimum atomic E-state index is -0.522. The molecule has 1 fully saturated rings. The number of rotatable bonds is 6. The van der Waals surface area contributed by atoms with E-state index in [1.54, 1.807) is 12.1 Å². The quantitative estimate of drug-likeness (QED) is 0.178. The summed E-state index contributed by atoms with van der Waals surface area (Å²) in [5.74, 6) is -0.305. The van der Waals surface area contributed by atoms with Crippen LogP contribution >= 0.6 is 12.2 Å². The van der Waals surface area contributed by atoms with Crippen molar-refractivity contribution in [1.29, 1.82) is 5.26 Å². The summed E-state index contributed by atoms with van der Waals surface area (Å²) < 4.78 is 7.97. The molecular weight excluding hydrogens is 532 g/mol. The summed E-state index contributed by atoms with van der Waals surface area (Å²) in [7, 11) is 0. The zero-order valence-electron chi connectivity index (χ0n) is 23.2. The molecule has 1 aliphatic rings. The SMILES string of the molecule is Cc1cccc(N2C(=O)/C(=C/c3cc(C)n(-c4ccc(OCc5ccccc5C#N)cc4)c3C)C(=O)NC2=S)c1C. The van der Waals surface area contributed by atoms with Crippen LogP contribution in [0.1, 0.15) is 39.2 Å². The highest BCUT2D eigenvalue weighted by Crippen LogP contribution is 2.29. The van der Waals surface area contributed by atoms with Gasteiger partial charge in [0.1, 0.15) is 17.9 Å². The number of anilines is 1. The van der Waals surface area contributed by atoms with E-state index in [0.29, 0.717) is 23.6 Å². The highest BCUT2D eigenvalue weighted by molar-refractivity contribution is 7.80. The van der Waals surface area contributed by atoms with E-state index < -0.39 is 11.8 Å². The number of thiocarbonyl (C=S) groups is 1. The van der Waals surface area contributed by atoms with Crippen LogP contribution in [0.3, 0.4) is 0 Å². The fraction of sp³-hybridized carbons (Fsp3) is 0.152. The molecule has 2 amide bonds. The lowest BCUT2D eigenvalue weighted by atomic mass is 10.0. The summed E-state index contributed by atoms with van der Waals surface area (Å²) >= 11 is 5.39. The van der Waals surface area contributed by atoms with Crippen molar-refractivity contribution in [2.45, 2.75) is 34.3 Å². The molecule has 0 saturated carbocycles. The van der Waals surface area contributed by atoms with Gasteiger partial charge in [-0.3, -0.25) is 19.8 Å². The summed E-state index contributed by atoms with van der Waals surface area (Å²) in [5, 5.41) is 12.0. The lowest BCUT2D eigenvalue weighted by Gasteiger charge is -2.30. The molecule has 0 atom stereocenters. The average Bonchev–Trinajstić information content (AvgIpc) is 3.24. The van der Waals surface area contributed by atoms with Crippen molar-refractivity contribution in [3.05, 3.63) is 118 Å². The molecule has 4 aromatic rings. The Kier molecular flexibility index (Phi) is 7.56. The predicted octanol–water partition coefficient (Wildman–Crippen LogP) is 5.99. The highest BCUT2D eigenvalue weighted by atomic mass is 32.1. The third-order valence-corrected chi connectivity index (χ3v) is 7.60. The highest BCUT2D eigenvalue weighted by Gasteiger charge is 2.35. The molecule has 1 aliphatic heterocycles. The summed E-state index contributed by atoms with van der Waals surface area (Å²) in [4.78, 5) is 27.9. The Hall–Kier alpha value is -5.00. The van der Waals surface area contributed by atoms with Crippen LogP contribution in [0.4, 0.5) is 5.69 Å². The van der Waals surface area contributed by atoms with Crippen LogP contribution in [0, 0.1) is 39.0 Å². The second kappa shape index (κ2) is 11.2. The van der Waals surface area contributed by atoms with E-state index in [1.807, 2.05) is 94.4 Å². The van der Waals surface area contributed by atoms with E-state index in [4.69, 9.17) is 17.0 Å². The van der Waals surface area contributed by atoms with Crippen molar-refractivity contribution in [3.8, 4) is 17.5 Å². The van der Waals surface area contributed by atoms with E-state index in [-0.39, 0.29) is 10.7 Å². The molecule has 2 heterocycles. The molecule has 0 radical (unpaired) electrons. The molecule has 8 heteroatoms. The van der Waals surface area contributed by atoms with E-state index in [1.165, 1.54) is 4.90 Å². The minimum absolute atomic E-state index is 0.0150. The molecule has 0 unspecified atom stereocenters. The Morgan fingerprint density at radius 1 is 0.976 bits per heavy atom. The third-order valence-electron chi connectivity index (χ3n) is 7.32. The number of aryl methyl sites for hydroxylation is 2. The monoisotopic (exact) mass is 560 g/mol. The van der Waals surface area contributed by atoms with Gasteiger partial charge in [-0.1, -0.05) is 30.3 Å². The molecule has 3 aromatic carbocycles. The van der Waals surface area contributed by atoms with Crippen molar-refractivity contribution in [2.24, 2.45) is 0 Å². The first-order chi connectivity index (χ1) is 19.7. The first-order valence-electron chi connectivity index (χ1n) is 13.1. The van der Waals surface area contributed by atoms with Crippen molar-refractivity contribution in [2.75, 3.05) is 4.90 Å². The third kappa shape index (κ3) is 5.28. The van der Waals surface area contributed by atoms with Gasteiger partial charge in [-0.05, 0) is 105 Å². The lowest BCUT2D eigenvalue weighted by Crippen LogP contribution is -2.54. The molecular formula is C33H28N4O3S. The van der Waals surface area contributed by atoms with Crippen molar-refractivity contribution in [3.63, 3.8) is 0 Å². The van der Waals surface area contributed by atoms with Gasteiger partial charge < -0.3 is 9.30 Å². The standard InChI is InChI=1S/C33H28N4O3S/c1-20-8-7-11-30(22(20)3)37-32(39)29(31(38)35-33(37)41)17-26-16-21(2)36(23(26)4)27-12-14-28(15-13-27)40-19-25-10-6-5-9-24(25)18-34/h5-17H,19H2,1-4H3,(H,35,38,41)/b29-17+. The smallest absolute Gasteiger partial charge is 0.270 e. The number of ether oxygens (including phenoxy) is 1. The fourth-order valence-corrected chi connectivity index (χ4v) is 5.22. The van der Waals surface area contributed by atoms with Gasteiger partial charge in [0, 0.05) is 22.6 Å². The van der Waals surface area contributed by atoms with Gasteiger partial charge in [-0.2, -0.15) is 5.26 Å². The van der Waals surface area contributed by atoms with Crippen molar-refractivity contribution < 1.29 is 14.3 Å². The Morgan fingerprint density at radius 2 is 1.71 bits per heavy atom. The Balaban J connectivity index is 1.41. The zero-order valence-corrected chi connectivity index (χ0v) is 24.0. The first kappa shape index (κ1) is 27.6. The molecule has 0 aliphatic carbocycles. The van der Waals surface area contributed by atoms with Gasteiger partial charge in [0.2, 0.25) is 0 Å². The largest absolute Gasteiger partial charge is 0.489 e. The Morgan fingerprint density at radius 3 is 2.44 bits per heavy atom. The number of nitriles is 1. The number of carbonyl (C=O) groups is 2. The summed E-state index contributed by atoms with van der Waals surface area (Å²) in [6.07, 6.45) is 1.63. The number of nitrogens with zero attached hydrogens (tertiary/aromatic N) is 3. The van der Waals surface area contributed by atoms with Gasteiger partial charge in [-0.25, -0.2) is 0 Å². The molecule has 1 saturated heterocycles. The van der Waals surface area contributed by atoms with Crippen LogP contribution in [0.2, 0.25) is 0 Å². The Labute approximate surface area is 244 Å². The van der Waals surface area contributed by atoms with Crippen LogP contribution in [0.25, 0.3) is 11.8 Å². The van der Waals surface area contributed by atoms with Crippen LogP contribution in [-0.4, -0.2) is 21.5 Å². The zero-order chi connectivity index (χ0) is 29.3. The molecule has 7 nitrogen and oxygen atoms in total. The molecule has 41 heavy (non-hydrogen) atoms. The summed E-state index contributed by atoms with van der Waals surface area (Å²) in [5.41, 5.74) is 7.49. The Bertz CT molecular complexity index is 1780. The number of amides is 2. The normalized spacial score (nSPS) is 14.3. The molecule has 204 valence electrons. The number of hydrogen-bond acceptors (Lipinski definition) is 5. The van der Waals surface area contributed by atoms with Gasteiger partial charge >= 0.3 is 0 Å². The summed E-state index contributed by atoms with van der Waals surface area (Å²) in [6.45, 7) is 8.10. The molecule has 1 N–H and O–H groups in total. The fourth-order valence-electron chi connectivity index (χ4n) is 4.95. The lowest BCUT2D eigenvalue weighted by molar-refractivity contribution is -0.122. The maximum absolute atomic E-state index is 13.6. The van der Waals surface area contributed by atoms with Gasteiger partial charge in [0.15, 0.2) is 5.11 Å². The number of carbonyl (C=O) groups excluding carboxylic acids is 2. The van der Waals surface area contributed by atoms with Crippen molar-refractivity contribution >= 4 is 40.9 Å². The maximum Gasteiger partial charge on any atom is 0.270 e. The van der Waals surface area contributed by atoms with Crippen LogP contribution in [0.5, 0.6) is 5.75 Å². The first-order valence-corrected chi connectivity index (χ1v) is 13.5. The van der Waals surface area contributed by atoms with Crippen LogP contribution < -0.4 is 15.0 Å². The van der Waals surface area contributed by atoms with E-state index in [2.05, 4.69) is 16.0 Å². The molecule has 0 spiro atoms. The van der Waals surface area contributed by atoms with Gasteiger partial charge in [0.05, 0.1) is 17.3 Å². The topological polar surface area (TPSA) is 87.4 Å². The van der Waals surface area contributed by atoms with Gasteiger partial charge in [-0.15, -0.1) is 0 Å². The average molecular weight is 561 g/mol.